The quantitative estimate of drug-likeness (QED) is 0.355. The van der Waals surface area contributed by atoms with Crippen molar-refractivity contribution in [2.24, 2.45) is 0 Å². The summed E-state index contributed by atoms with van der Waals surface area (Å²) in [6.45, 7) is 1.97. The Morgan fingerprint density at radius 1 is 1.40 bits per heavy atom. The standard InChI is InChI=1S/C12H15BrO2/c1-10-5-4-6-11(9-10)15-12(14)7-2-3-8-13/h4-6,9H,2-3,7-8H2,1H3. The first kappa shape index (κ1) is 12.2. The van der Waals surface area contributed by atoms with Gasteiger partial charge in [0.1, 0.15) is 5.75 Å². The number of hydrogen-bond donors (Lipinski definition) is 0. The molecule has 15 heavy (non-hydrogen) atoms. The van der Waals surface area contributed by atoms with Gasteiger partial charge in [0.25, 0.3) is 0 Å². The van der Waals surface area contributed by atoms with Gasteiger partial charge in [-0.15, -0.1) is 0 Å². The van der Waals surface area contributed by atoms with E-state index in [1.165, 1.54) is 0 Å². The molecule has 0 amide bonds. The first-order valence-corrected chi connectivity index (χ1v) is 6.18. The summed E-state index contributed by atoms with van der Waals surface area (Å²) >= 11 is 3.32. The maximum atomic E-state index is 11.4. The van der Waals surface area contributed by atoms with E-state index in [0.29, 0.717) is 12.2 Å². The van der Waals surface area contributed by atoms with Crippen molar-refractivity contribution < 1.29 is 9.53 Å². The van der Waals surface area contributed by atoms with Crippen LogP contribution in [0.3, 0.4) is 0 Å². The molecule has 1 rings (SSSR count). The van der Waals surface area contributed by atoms with Gasteiger partial charge in [0, 0.05) is 11.8 Å². The number of aryl methyl sites for hydroxylation is 1. The van der Waals surface area contributed by atoms with Gasteiger partial charge in [-0.2, -0.15) is 0 Å². The molecule has 0 aliphatic carbocycles. The van der Waals surface area contributed by atoms with Crippen LogP contribution in [-0.2, 0) is 4.79 Å². The van der Waals surface area contributed by atoms with Crippen molar-refractivity contribution in [2.75, 3.05) is 5.33 Å². The number of benzene rings is 1. The normalized spacial score (nSPS) is 10.0. The van der Waals surface area contributed by atoms with E-state index in [0.717, 1.165) is 23.7 Å². The molecule has 0 atom stereocenters. The third-order valence-corrected chi connectivity index (χ3v) is 2.55. The molecule has 0 radical (unpaired) electrons. The zero-order valence-corrected chi connectivity index (χ0v) is 10.4. The number of ether oxygens (including phenoxy) is 1. The van der Waals surface area contributed by atoms with Gasteiger partial charge >= 0.3 is 5.97 Å². The van der Waals surface area contributed by atoms with Crippen LogP contribution in [0, 0.1) is 6.92 Å². The fourth-order valence-corrected chi connectivity index (χ4v) is 1.62. The third kappa shape index (κ3) is 4.98. The molecule has 0 saturated heterocycles. The highest BCUT2D eigenvalue weighted by Crippen LogP contribution is 2.13. The molecule has 1 aromatic rings. The molecule has 0 aromatic heterocycles. The van der Waals surface area contributed by atoms with E-state index >= 15 is 0 Å². The van der Waals surface area contributed by atoms with Crippen LogP contribution in [0.25, 0.3) is 0 Å². The topological polar surface area (TPSA) is 26.3 Å². The summed E-state index contributed by atoms with van der Waals surface area (Å²) in [5.74, 6) is 0.486. The molecule has 0 N–H and O–H groups in total. The third-order valence-electron chi connectivity index (χ3n) is 1.99. The predicted molar refractivity (Wildman–Crippen MR) is 64.5 cm³/mol. The zero-order chi connectivity index (χ0) is 11.1. The van der Waals surface area contributed by atoms with E-state index in [9.17, 15) is 4.79 Å². The maximum Gasteiger partial charge on any atom is 0.311 e. The number of carbonyl (C=O) groups excluding carboxylic acids is 1. The molecular weight excluding hydrogens is 256 g/mol. The van der Waals surface area contributed by atoms with Gasteiger partial charge in [-0.1, -0.05) is 28.1 Å². The Balaban J connectivity index is 2.37. The average molecular weight is 271 g/mol. The molecule has 0 unspecified atom stereocenters. The van der Waals surface area contributed by atoms with Crippen LogP contribution in [-0.4, -0.2) is 11.3 Å². The highest BCUT2D eigenvalue weighted by molar-refractivity contribution is 9.09. The van der Waals surface area contributed by atoms with Gasteiger partial charge in [0.05, 0.1) is 0 Å². The minimum absolute atomic E-state index is 0.151. The Hall–Kier alpha value is -0.830. The van der Waals surface area contributed by atoms with E-state index in [2.05, 4.69) is 15.9 Å². The van der Waals surface area contributed by atoms with Crippen LogP contribution in [0.5, 0.6) is 5.75 Å². The van der Waals surface area contributed by atoms with Crippen LogP contribution in [0.4, 0.5) is 0 Å². The van der Waals surface area contributed by atoms with Crippen molar-refractivity contribution in [1.29, 1.82) is 0 Å². The molecule has 82 valence electrons. The summed E-state index contributed by atoms with van der Waals surface area (Å²) in [4.78, 5) is 11.4. The lowest BCUT2D eigenvalue weighted by atomic mass is 10.2. The second kappa shape index (κ2) is 6.62. The number of rotatable bonds is 5. The number of alkyl halides is 1. The Kier molecular flexibility index (Phi) is 5.40. The molecule has 1 aromatic carbocycles. The largest absolute Gasteiger partial charge is 0.427 e. The molecule has 0 heterocycles. The minimum Gasteiger partial charge on any atom is -0.427 e. The second-order valence-corrected chi connectivity index (χ2v) is 4.23. The molecule has 0 aliphatic heterocycles. The van der Waals surface area contributed by atoms with E-state index in [1.807, 2.05) is 25.1 Å². The molecule has 0 fully saturated rings. The molecule has 3 heteroatoms. The molecule has 0 bridgehead atoms. The maximum absolute atomic E-state index is 11.4. The Labute approximate surface area is 98.8 Å². The van der Waals surface area contributed by atoms with Gasteiger partial charge in [-0.05, 0) is 37.5 Å². The summed E-state index contributed by atoms with van der Waals surface area (Å²) in [5.41, 5.74) is 1.10. The summed E-state index contributed by atoms with van der Waals surface area (Å²) in [7, 11) is 0. The summed E-state index contributed by atoms with van der Waals surface area (Å²) in [6.07, 6.45) is 2.36. The number of halogens is 1. The predicted octanol–water partition coefficient (Wildman–Crippen LogP) is 3.47. The van der Waals surface area contributed by atoms with Gasteiger partial charge in [0.15, 0.2) is 0 Å². The summed E-state index contributed by atoms with van der Waals surface area (Å²) < 4.78 is 5.19. The lowest BCUT2D eigenvalue weighted by Crippen LogP contribution is -2.07. The van der Waals surface area contributed by atoms with Crippen LogP contribution in [0.2, 0.25) is 0 Å². The van der Waals surface area contributed by atoms with Crippen molar-refractivity contribution in [1.82, 2.24) is 0 Å². The smallest absolute Gasteiger partial charge is 0.311 e. The van der Waals surface area contributed by atoms with E-state index in [4.69, 9.17) is 4.74 Å². The molecule has 0 saturated carbocycles. The van der Waals surface area contributed by atoms with Crippen molar-refractivity contribution in [3.63, 3.8) is 0 Å². The van der Waals surface area contributed by atoms with E-state index in [1.54, 1.807) is 6.07 Å². The van der Waals surface area contributed by atoms with Crippen LogP contribution in [0.1, 0.15) is 24.8 Å². The monoisotopic (exact) mass is 270 g/mol. The lowest BCUT2D eigenvalue weighted by Gasteiger charge is -2.04. The molecule has 0 spiro atoms. The van der Waals surface area contributed by atoms with Gasteiger partial charge < -0.3 is 4.74 Å². The van der Waals surface area contributed by atoms with Gasteiger partial charge in [0.2, 0.25) is 0 Å². The lowest BCUT2D eigenvalue weighted by molar-refractivity contribution is -0.134. The van der Waals surface area contributed by atoms with Gasteiger partial charge in [-0.3, -0.25) is 4.79 Å². The molecule has 2 nitrogen and oxygen atoms in total. The van der Waals surface area contributed by atoms with Crippen LogP contribution < -0.4 is 4.74 Å². The minimum atomic E-state index is -0.151. The number of esters is 1. The van der Waals surface area contributed by atoms with E-state index < -0.39 is 0 Å². The highest BCUT2D eigenvalue weighted by atomic mass is 79.9. The first-order chi connectivity index (χ1) is 7.22. The fraction of sp³-hybridized carbons (Fsp3) is 0.417. The zero-order valence-electron chi connectivity index (χ0n) is 8.83. The average Bonchev–Trinajstić information content (AvgIpc) is 2.18. The van der Waals surface area contributed by atoms with Crippen LogP contribution >= 0.6 is 15.9 Å². The molecule has 0 aliphatic rings. The summed E-state index contributed by atoms with van der Waals surface area (Å²) in [5, 5.41) is 0.935. The fourth-order valence-electron chi connectivity index (χ4n) is 1.23. The van der Waals surface area contributed by atoms with Crippen molar-refractivity contribution in [3.8, 4) is 5.75 Å². The van der Waals surface area contributed by atoms with Crippen molar-refractivity contribution in [2.45, 2.75) is 26.2 Å². The summed E-state index contributed by atoms with van der Waals surface area (Å²) in [6, 6.07) is 7.52. The van der Waals surface area contributed by atoms with Crippen molar-refractivity contribution >= 4 is 21.9 Å². The van der Waals surface area contributed by atoms with Crippen LogP contribution in [0.15, 0.2) is 24.3 Å². The Morgan fingerprint density at radius 3 is 2.87 bits per heavy atom. The molecular formula is C12H15BrO2. The number of carbonyl (C=O) groups is 1. The second-order valence-electron chi connectivity index (χ2n) is 3.44. The highest BCUT2D eigenvalue weighted by Gasteiger charge is 2.03. The Morgan fingerprint density at radius 2 is 2.20 bits per heavy atom. The van der Waals surface area contributed by atoms with Gasteiger partial charge in [-0.25, -0.2) is 0 Å². The van der Waals surface area contributed by atoms with Crippen molar-refractivity contribution in [3.05, 3.63) is 29.8 Å². The van der Waals surface area contributed by atoms with E-state index in [-0.39, 0.29) is 5.97 Å². The number of unbranched alkanes of at least 4 members (excludes halogenated alkanes) is 1. The SMILES string of the molecule is Cc1cccc(OC(=O)CCCCBr)c1. The number of hydrogen-bond acceptors (Lipinski definition) is 2. The Bertz CT molecular complexity index is 323. The first-order valence-electron chi connectivity index (χ1n) is 5.05.